The number of ether oxygens (including phenoxy) is 2. The van der Waals surface area contributed by atoms with Gasteiger partial charge in [0.25, 0.3) is 0 Å². The van der Waals surface area contributed by atoms with E-state index in [1.165, 1.54) is 11.3 Å². The van der Waals surface area contributed by atoms with Crippen LogP contribution in [0.25, 0.3) is 6.08 Å². The first-order chi connectivity index (χ1) is 8.84. The molecule has 3 nitrogen and oxygen atoms in total. The number of ketones is 1. The van der Waals surface area contributed by atoms with Gasteiger partial charge in [-0.25, -0.2) is 0 Å². The summed E-state index contributed by atoms with van der Waals surface area (Å²) in [4.78, 5) is 13.7. The van der Waals surface area contributed by atoms with Gasteiger partial charge in [0.15, 0.2) is 17.3 Å². The van der Waals surface area contributed by atoms with Gasteiger partial charge in [-0.15, -0.1) is 22.7 Å². The van der Waals surface area contributed by atoms with Gasteiger partial charge in [-0.05, 0) is 23.6 Å². The topological polar surface area (TPSA) is 35.5 Å². The number of carbonyl (C=O) groups excluding carboxylic acids is 1. The highest BCUT2D eigenvalue weighted by Gasteiger charge is 2.21. The van der Waals surface area contributed by atoms with Crippen molar-refractivity contribution in [3.63, 3.8) is 0 Å². The van der Waals surface area contributed by atoms with E-state index in [4.69, 9.17) is 9.47 Å². The van der Waals surface area contributed by atoms with E-state index in [1.54, 1.807) is 17.4 Å². The smallest absolute Gasteiger partial charge is 0.199 e. The van der Waals surface area contributed by atoms with Crippen LogP contribution in [0.1, 0.15) is 14.5 Å². The Hall–Kier alpha value is -1.59. The zero-order valence-electron chi connectivity index (χ0n) is 9.42. The van der Waals surface area contributed by atoms with E-state index in [-0.39, 0.29) is 5.78 Å². The Morgan fingerprint density at radius 2 is 2.17 bits per heavy atom. The number of carbonyl (C=O) groups is 1. The van der Waals surface area contributed by atoms with Crippen LogP contribution in [0, 0.1) is 0 Å². The molecule has 92 valence electrons. The minimum absolute atomic E-state index is 0.0415. The molecule has 2 aromatic rings. The van der Waals surface area contributed by atoms with E-state index in [2.05, 4.69) is 0 Å². The molecule has 0 fully saturated rings. The lowest BCUT2D eigenvalue weighted by Gasteiger charge is -2.15. The third-order valence-electron chi connectivity index (χ3n) is 2.47. The molecule has 3 heterocycles. The monoisotopic (exact) mass is 278 g/mol. The van der Waals surface area contributed by atoms with Crippen molar-refractivity contribution in [1.82, 2.24) is 0 Å². The van der Waals surface area contributed by atoms with Crippen LogP contribution in [-0.4, -0.2) is 19.0 Å². The molecule has 5 heteroatoms. The molecule has 0 atom stereocenters. The van der Waals surface area contributed by atoms with Gasteiger partial charge in [-0.3, -0.25) is 4.79 Å². The number of hydrogen-bond acceptors (Lipinski definition) is 5. The van der Waals surface area contributed by atoms with Crippen molar-refractivity contribution in [3.05, 3.63) is 38.7 Å². The third-order valence-corrected chi connectivity index (χ3v) is 4.26. The highest BCUT2D eigenvalue weighted by molar-refractivity contribution is 7.13. The Morgan fingerprint density at radius 1 is 1.28 bits per heavy atom. The van der Waals surface area contributed by atoms with Gasteiger partial charge < -0.3 is 9.47 Å². The Bertz CT molecular complexity index is 581. The van der Waals surface area contributed by atoms with Crippen LogP contribution in [0.2, 0.25) is 0 Å². The third kappa shape index (κ3) is 2.19. The lowest BCUT2D eigenvalue weighted by atomic mass is 10.2. The summed E-state index contributed by atoms with van der Waals surface area (Å²) < 4.78 is 10.9. The van der Waals surface area contributed by atoms with E-state index < -0.39 is 0 Å². The van der Waals surface area contributed by atoms with Gasteiger partial charge in [0.05, 0.1) is 0 Å². The number of thiophene rings is 2. The van der Waals surface area contributed by atoms with E-state index in [1.807, 2.05) is 29.0 Å². The summed E-state index contributed by atoms with van der Waals surface area (Å²) in [6.45, 7) is 1.04. The molecule has 0 N–H and O–H groups in total. The van der Waals surface area contributed by atoms with Crippen molar-refractivity contribution >= 4 is 34.5 Å². The molecule has 0 radical (unpaired) electrons. The van der Waals surface area contributed by atoms with Crippen molar-refractivity contribution in [3.8, 4) is 11.5 Å². The van der Waals surface area contributed by atoms with Crippen LogP contribution < -0.4 is 9.47 Å². The lowest BCUT2D eigenvalue weighted by Crippen LogP contribution is -2.15. The summed E-state index contributed by atoms with van der Waals surface area (Å²) in [7, 11) is 0. The molecule has 0 amide bonds. The molecule has 0 bridgehead atoms. The minimum atomic E-state index is -0.0415. The molecule has 0 aromatic carbocycles. The first-order valence-electron chi connectivity index (χ1n) is 5.47. The maximum absolute atomic E-state index is 12.1. The van der Waals surface area contributed by atoms with Gasteiger partial charge in [0.2, 0.25) is 0 Å². The second kappa shape index (κ2) is 4.96. The van der Waals surface area contributed by atoms with Crippen molar-refractivity contribution in [1.29, 1.82) is 0 Å². The predicted molar refractivity (Wildman–Crippen MR) is 73.0 cm³/mol. The summed E-state index contributed by atoms with van der Waals surface area (Å²) in [5, 5.41) is 3.80. The molecule has 18 heavy (non-hydrogen) atoms. The molecule has 0 saturated carbocycles. The highest BCUT2D eigenvalue weighted by Crippen LogP contribution is 2.39. The number of fused-ring (bicyclic) bond motifs is 1. The van der Waals surface area contributed by atoms with Crippen molar-refractivity contribution in [2.45, 2.75) is 0 Å². The van der Waals surface area contributed by atoms with Crippen molar-refractivity contribution in [2.24, 2.45) is 0 Å². The van der Waals surface area contributed by atoms with E-state index in [9.17, 15) is 4.79 Å². The Balaban J connectivity index is 1.82. The van der Waals surface area contributed by atoms with Gasteiger partial charge in [0, 0.05) is 10.3 Å². The molecular formula is C13H10O3S2. The zero-order chi connectivity index (χ0) is 12.4. The van der Waals surface area contributed by atoms with Gasteiger partial charge in [0.1, 0.15) is 18.1 Å². The molecule has 0 aliphatic carbocycles. The second-order valence-corrected chi connectivity index (χ2v) is 5.53. The zero-order valence-corrected chi connectivity index (χ0v) is 11.1. The highest BCUT2D eigenvalue weighted by atomic mass is 32.1. The fourth-order valence-corrected chi connectivity index (χ4v) is 3.12. The SMILES string of the molecule is O=C(C=Cc1cccs1)c1scc2c1OCCO2. The van der Waals surface area contributed by atoms with Crippen LogP contribution in [0.4, 0.5) is 0 Å². The summed E-state index contributed by atoms with van der Waals surface area (Å²) in [5.74, 6) is 1.23. The fraction of sp³-hybridized carbons (Fsp3) is 0.154. The Kier molecular flexibility index (Phi) is 3.17. The minimum Gasteiger partial charge on any atom is -0.485 e. The normalized spacial score (nSPS) is 14.0. The van der Waals surface area contributed by atoms with E-state index in [0.29, 0.717) is 29.6 Å². The average molecular weight is 278 g/mol. The van der Waals surface area contributed by atoms with Crippen molar-refractivity contribution < 1.29 is 14.3 Å². The van der Waals surface area contributed by atoms with E-state index >= 15 is 0 Å². The fourth-order valence-electron chi connectivity index (χ4n) is 1.65. The lowest BCUT2D eigenvalue weighted by molar-refractivity contribution is 0.104. The summed E-state index contributed by atoms with van der Waals surface area (Å²) in [5.41, 5.74) is 0. The van der Waals surface area contributed by atoms with Gasteiger partial charge in [-0.2, -0.15) is 0 Å². The molecule has 0 spiro atoms. The van der Waals surface area contributed by atoms with Gasteiger partial charge in [-0.1, -0.05) is 6.07 Å². The number of hydrogen-bond donors (Lipinski definition) is 0. The average Bonchev–Trinajstić information content (AvgIpc) is 3.05. The quantitative estimate of drug-likeness (QED) is 0.637. The van der Waals surface area contributed by atoms with Crippen LogP contribution in [-0.2, 0) is 0 Å². The molecule has 2 aromatic heterocycles. The number of allylic oxidation sites excluding steroid dienone is 1. The standard InChI is InChI=1S/C13H10O3S2/c14-10(4-3-9-2-1-7-17-9)13-12-11(8-18-13)15-5-6-16-12/h1-4,7-8H,5-6H2. The summed E-state index contributed by atoms with van der Waals surface area (Å²) in [6, 6.07) is 3.93. The first kappa shape index (κ1) is 11.5. The number of rotatable bonds is 3. The van der Waals surface area contributed by atoms with Gasteiger partial charge >= 0.3 is 0 Å². The summed E-state index contributed by atoms with van der Waals surface area (Å²) >= 11 is 2.96. The summed E-state index contributed by atoms with van der Waals surface area (Å²) in [6.07, 6.45) is 3.40. The Morgan fingerprint density at radius 3 is 3.00 bits per heavy atom. The molecule has 0 unspecified atom stereocenters. The predicted octanol–water partition coefficient (Wildman–Crippen LogP) is 3.48. The maximum Gasteiger partial charge on any atom is 0.199 e. The first-order valence-corrected chi connectivity index (χ1v) is 7.23. The molecule has 3 rings (SSSR count). The molecule has 1 aliphatic heterocycles. The van der Waals surface area contributed by atoms with Crippen molar-refractivity contribution in [2.75, 3.05) is 13.2 Å². The Labute approximate surface area is 112 Å². The van der Waals surface area contributed by atoms with Crippen LogP contribution in [0.15, 0.2) is 29.0 Å². The maximum atomic E-state index is 12.1. The largest absolute Gasteiger partial charge is 0.485 e. The molecule has 0 saturated heterocycles. The van der Waals surface area contributed by atoms with Crippen LogP contribution in [0.5, 0.6) is 11.5 Å². The van der Waals surface area contributed by atoms with E-state index in [0.717, 1.165) is 4.88 Å². The molecule has 1 aliphatic rings. The van der Waals surface area contributed by atoms with Crippen LogP contribution >= 0.6 is 22.7 Å². The second-order valence-electron chi connectivity index (χ2n) is 3.67. The van der Waals surface area contributed by atoms with Crippen LogP contribution in [0.3, 0.4) is 0 Å². The molecular weight excluding hydrogens is 268 g/mol.